The first-order valence-corrected chi connectivity index (χ1v) is 22.4. The number of amides is 4. The Morgan fingerprint density at radius 1 is 0.947 bits per heavy atom. The van der Waals surface area contributed by atoms with E-state index in [9.17, 15) is 27.6 Å². The van der Waals surface area contributed by atoms with Crippen LogP contribution in [0, 0.1) is 11.8 Å². The molecule has 3 saturated carbocycles. The van der Waals surface area contributed by atoms with E-state index in [4.69, 9.17) is 24.2 Å². The summed E-state index contributed by atoms with van der Waals surface area (Å²) in [5, 5.41) is 5.18. The van der Waals surface area contributed by atoms with Gasteiger partial charge >= 0.3 is 6.09 Å². The molecule has 4 fully saturated rings. The quantitative estimate of drug-likeness (QED) is 0.372. The Balaban J connectivity index is 1.14. The van der Waals surface area contributed by atoms with Gasteiger partial charge in [-0.15, -0.1) is 0 Å². The van der Waals surface area contributed by atoms with E-state index in [0.29, 0.717) is 66.9 Å². The van der Waals surface area contributed by atoms with Gasteiger partial charge in [0.15, 0.2) is 0 Å². The number of carbonyl (C=O) groups is 4. The fraction of sp³-hybridized carbons (Fsp3) is 0.659. The molecule has 16 heteroatoms. The van der Waals surface area contributed by atoms with Crippen molar-refractivity contribution in [1.29, 1.82) is 0 Å². The molecule has 57 heavy (non-hydrogen) atoms. The standard InChI is InChI=1S/C41H54N6O9S/c1-54-27-17-20-30-33(21-27)43-37-31(42-30)14-9-5-6-11-25-12-10-16-35(25)56-40(51)44-32-15-8-4-2-3-7-13-26-23-41(26,39(50)46-57(52,53)29-18-19-29)45-36(48)34-22-28(55-37)24-47(34)38(32)49/h7,13,17,20-21,25-26,28-29,32,34-35H,2-6,8-12,14-16,18-19,22-24H2,1H3,(H,44,51)(H,45,48)(H,46,50)/b13-7-/t25-,26-,28-,32+,34+,35-,41-/m1/s1. The van der Waals surface area contributed by atoms with Gasteiger partial charge in [0.25, 0.3) is 5.91 Å². The molecular formula is C41H54N6O9S. The van der Waals surface area contributed by atoms with Crippen molar-refractivity contribution in [2.24, 2.45) is 11.8 Å². The Morgan fingerprint density at radius 3 is 2.58 bits per heavy atom. The minimum absolute atomic E-state index is 0.00466. The minimum atomic E-state index is -3.89. The molecule has 6 aliphatic rings. The van der Waals surface area contributed by atoms with Gasteiger partial charge in [-0.3, -0.25) is 19.1 Å². The molecule has 1 saturated heterocycles. The van der Waals surface area contributed by atoms with E-state index in [2.05, 4.69) is 15.4 Å². The molecule has 3 aliphatic heterocycles. The van der Waals surface area contributed by atoms with Crippen LogP contribution in [0.1, 0.15) is 108 Å². The highest BCUT2D eigenvalue weighted by atomic mass is 32.2. The number of hydrogen-bond donors (Lipinski definition) is 3. The van der Waals surface area contributed by atoms with Crippen LogP contribution in [0.25, 0.3) is 11.0 Å². The summed E-state index contributed by atoms with van der Waals surface area (Å²) >= 11 is 0. The van der Waals surface area contributed by atoms with Gasteiger partial charge in [-0.1, -0.05) is 37.8 Å². The Bertz CT molecular complexity index is 2020. The molecule has 4 heterocycles. The maximum atomic E-state index is 14.7. The Kier molecular flexibility index (Phi) is 11.3. The lowest BCUT2D eigenvalue weighted by Gasteiger charge is -2.30. The van der Waals surface area contributed by atoms with Gasteiger partial charge in [-0.05, 0) is 95.1 Å². The first-order chi connectivity index (χ1) is 27.5. The lowest BCUT2D eigenvalue weighted by atomic mass is 9.97. The number of allylic oxidation sites excluding steroid dienone is 1. The minimum Gasteiger partial charge on any atom is -0.497 e. The summed E-state index contributed by atoms with van der Waals surface area (Å²) < 4.78 is 46.1. The average Bonchev–Trinajstić information content (AvgIpc) is 4.08. The van der Waals surface area contributed by atoms with Crippen LogP contribution in [0.15, 0.2) is 30.4 Å². The second-order valence-electron chi connectivity index (χ2n) is 16.8. The highest BCUT2D eigenvalue weighted by Crippen LogP contribution is 2.46. The predicted octanol–water partition coefficient (Wildman–Crippen LogP) is 4.37. The number of carbonyl (C=O) groups excluding carboxylic acids is 4. The van der Waals surface area contributed by atoms with Crippen molar-refractivity contribution in [3.63, 3.8) is 0 Å². The highest BCUT2D eigenvalue weighted by Gasteiger charge is 2.62. The highest BCUT2D eigenvalue weighted by molar-refractivity contribution is 7.91. The molecule has 308 valence electrons. The smallest absolute Gasteiger partial charge is 0.408 e. The number of nitrogens with one attached hydrogen (secondary N) is 3. The van der Waals surface area contributed by atoms with Crippen LogP contribution in [0.2, 0.25) is 0 Å². The van der Waals surface area contributed by atoms with Gasteiger partial charge in [0.2, 0.25) is 27.7 Å². The van der Waals surface area contributed by atoms with E-state index < -0.39 is 68.7 Å². The van der Waals surface area contributed by atoms with Crippen LogP contribution in [-0.2, 0) is 35.6 Å². The molecule has 15 nitrogen and oxygen atoms in total. The zero-order valence-electron chi connectivity index (χ0n) is 32.6. The van der Waals surface area contributed by atoms with E-state index in [1.54, 1.807) is 13.2 Å². The summed E-state index contributed by atoms with van der Waals surface area (Å²) in [5.74, 6) is -1.08. The van der Waals surface area contributed by atoms with Crippen LogP contribution >= 0.6 is 0 Å². The van der Waals surface area contributed by atoms with Crippen molar-refractivity contribution in [1.82, 2.24) is 30.2 Å². The van der Waals surface area contributed by atoms with E-state index in [-0.39, 0.29) is 31.4 Å². The molecule has 1 aromatic heterocycles. The number of ether oxygens (including phenoxy) is 3. The molecule has 4 amide bonds. The van der Waals surface area contributed by atoms with E-state index in [0.717, 1.165) is 57.8 Å². The lowest BCUT2D eigenvalue weighted by molar-refractivity contribution is -0.141. The summed E-state index contributed by atoms with van der Waals surface area (Å²) in [7, 11) is -2.31. The first kappa shape index (κ1) is 39.4. The monoisotopic (exact) mass is 806 g/mol. The summed E-state index contributed by atoms with van der Waals surface area (Å²) in [5.41, 5.74) is 0.458. The fourth-order valence-electron chi connectivity index (χ4n) is 9.12. The molecule has 8 rings (SSSR count). The van der Waals surface area contributed by atoms with Crippen molar-refractivity contribution in [2.45, 2.75) is 144 Å². The van der Waals surface area contributed by atoms with Crippen molar-refractivity contribution >= 4 is 44.9 Å². The number of fused-ring (bicyclic) bond motifs is 6. The van der Waals surface area contributed by atoms with Crippen molar-refractivity contribution in [3.05, 3.63) is 36.0 Å². The van der Waals surface area contributed by atoms with Gasteiger partial charge < -0.3 is 29.7 Å². The Hall–Kier alpha value is -4.47. The van der Waals surface area contributed by atoms with Crippen LogP contribution < -0.4 is 24.8 Å². The third-order valence-electron chi connectivity index (χ3n) is 12.7. The molecule has 0 radical (unpaired) electrons. The van der Waals surface area contributed by atoms with Crippen LogP contribution in [0.3, 0.4) is 0 Å². The zero-order chi connectivity index (χ0) is 39.7. The molecule has 3 N–H and O–H groups in total. The normalized spacial score (nSPS) is 32.0. The lowest BCUT2D eigenvalue weighted by Crippen LogP contribution is -2.58. The van der Waals surface area contributed by atoms with Gasteiger partial charge in [-0.2, -0.15) is 0 Å². The van der Waals surface area contributed by atoms with Gasteiger partial charge in [0.1, 0.15) is 41.3 Å². The molecule has 0 spiro atoms. The molecule has 7 atom stereocenters. The second-order valence-corrected chi connectivity index (χ2v) is 18.7. The summed E-state index contributed by atoms with van der Waals surface area (Å²) in [4.78, 5) is 67.9. The van der Waals surface area contributed by atoms with Gasteiger partial charge in [0.05, 0.1) is 29.9 Å². The number of rotatable bonds is 4. The molecular weight excluding hydrogens is 753 g/mol. The number of sulfonamides is 1. The second kappa shape index (κ2) is 16.4. The first-order valence-electron chi connectivity index (χ1n) is 20.9. The number of methoxy groups -OCH3 is 1. The van der Waals surface area contributed by atoms with E-state index >= 15 is 0 Å². The molecule has 2 aromatic rings. The van der Waals surface area contributed by atoms with E-state index in [1.165, 1.54) is 4.90 Å². The molecule has 3 aliphatic carbocycles. The number of benzene rings is 1. The number of alkyl carbamates (subject to hydrolysis) is 1. The molecule has 1 aromatic carbocycles. The predicted molar refractivity (Wildman–Crippen MR) is 209 cm³/mol. The largest absolute Gasteiger partial charge is 0.497 e. The number of aromatic nitrogens is 2. The number of hydrogen-bond acceptors (Lipinski definition) is 11. The Morgan fingerprint density at radius 2 is 1.75 bits per heavy atom. The maximum Gasteiger partial charge on any atom is 0.408 e. The van der Waals surface area contributed by atoms with Crippen LogP contribution in [0.4, 0.5) is 4.79 Å². The molecule has 3 bridgehead atoms. The van der Waals surface area contributed by atoms with Crippen LogP contribution in [-0.4, -0.2) is 95.8 Å². The third kappa shape index (κ3) is 8.70. The van der Waals surface area contributed by atoms with Crippen molar-refractivity contribution in [3.8, 4) is 11.6 Å². The topological polar surface area (TPSA) is 195 Å². The number of aryl methyl sites for hydroxylation is 1. The van der Waals surface area contributed by atoms with E-state index in [1.807, 2.05) is 24.3 Å². The van der Waals surface area contributed by atoms with Gasteiger partial charge in [-0.25, -0.2) is 23.2 Å². The van der Waals surface area contributed by atoms with Crippen molar-refractivity contribution < 1.29 is 41.8 Å². The van der Waals surface area contributed by atoms with Crippen molar-refractivity contribution in [2.75, 3.05) is 13.7 Å². The maximum absolute atomic E-state index is 14.7. The average molecular weight is 807 g/mol. The summed E-state index contributed by atoms with van der Waals surface area (Å²) in [6.07, 6.45) is 13.8. The molecule has 0 unspecified atom stereocenters. The fourth-order valence-corrected chi connectivity index (χ4v) is 10.5. The summed E-state index contributed by atoms with van der Waals surface area (Å²) in [6.45, 7) is 0.00466. The van der Waals surface area contributed by atoms with Gasteiger partial charge in [0, 0.05) is 18.4 Å². The van der Waals surface area contributed by atoms with Crippen LogP contribution in [0.5, 0.6) is 11.6 Å². The SMILES string of the molecule is COc1ccc2nc3c(nc2c1)O[C@@H]1C[C@H]2C(=O)N[C@]4(C(=O)NS(=O)(=O)C5CC5)C[C@H]4/C=C\CCCCC[C@H](NC(=O)O[C@@H]4CCC[C@H]4CCCCC3)C(=O)N2C1. The third-order valence-corrected chi connectivity index (χ3v) is 14.5. The zero-order valence-corrected chi connectivity index (χ0v) is 33.4. The Labute approximate surface area is 333 Å². The number of nitrogens with zero attached hydrogens (tertiary/aromatic N) is 3. The summed E-state index contributed by atoms with van der Waals surface area (Å²) in [6, 6.07) is 3.42.